The molecule has 1 aromatic heterocycles. The number of halogens is 3. The number of hydrogen-bond donors (Lipinski definition) is 2. The van der Waals surface area contributed by atoms with Crippen LogP contribution in [0.5, 0.6) is 11.5 Å². The van der Waals surface area contributed by atoms with Gasteiger partial charge in [-0.1, -0.05) is 0 Å². The number of carboxylic acid groups (broad SMARTS) is 1. The summed E-state index contributed by atoms with van der Waals surface area (Å²) >= 11 is 0. The molecule has 0 bridgehead atoms. The van der Waals surface area contributed by atoms with Crippen LogP contribution >= 0.6 is 0 Å². The molecule has 1 rings (SSSR count). The summed E-state index contributed by atoms with van der Waals surface area (Å²) < 4.78 is 45.1. The van der Waals surface area contributed by atoms with Crippen LogP contribution in [0.1, 0.15) is 11.3 Å². The molecule has 0 saturated heterocycles. The minimum absolute atomic E-state index is 0.0291. The molecule has 19 heavy (non-hydrogen) atoms. The molecule has 9 heteroatoms. The zero-order valence-electron chi connectivity index (χ0n) is 9.82. The summed E-state index contributed by atoms with van der Waals surface area (Å²) in [7, 11) is 1.13. The normalized spacial score (nSPS) is 11.2. The number of nitrogens with two attached hydrogens (primary N) is 1. The lowest BCUT2D eigenvalue weighted by Crippen LogP contribution is -2.19. The molecule has 0 saturated carbocycles. The molecule has 0 atom stereocenters. The van der Waals surface area contributed by atoms with Crippen molar-refractivity contribution in [2.45, 2.75) is 19.3 Å². The van der Waals surface area contributed by atoms with E-state index in [-0.39, 0.29) is 23.6 Å². The van der Waals surface area contributed by atoms with Crippen molar-refractivity contribution in [3.8, 4) is 11.5 Å². The Labute approximate surface area is 105 Å². The SMILES string of the molecule is COc1c(OC(F)(F)F)cnc(CC(=O)O)c1CN. The smallest absolute Gasteiger partial charge is 0.492 e. The fourth-order valence-corrected chi connectivity index (χ4v) is 1.48. The average molecular weight is 280 g/mol. The van der Waals surface area contributed by atoms with Crippen LogP contribution in [0.3, 0.4) is 0 Å². The maximum absolute atomic E-state index is 12.2. The lowest BCUT2D eigenvalue weighted by Gasteiger charge is -2.16. The summed E-state index contributed by atoms with van der Waals surface area (Å²) in [5.74, 6) is -2.12. The number of ether oxygens (including phenoxy) is 2. The summed E-state index contributed by atoms with van der Waals surface area (Å²) in [6.07, 6.45) is -4.63. The Balaban J connectivity index is 3.26. The van der Waals surface area contributed by atoms with Gasteiger partial charge < -0.3 is 20.3 Å². The average Bonchev–Trinajstić information content (AvgIpc) is 2.27. The molecule has 3 N–H and O–H groups in total. The third-order valence-corrected chi connectivity index (χ3v) is 2.14. The molecule has 0 aliphatic heterocycles. The third-order valence-electron chi connectivity index (χ3n) is 2.14. The van der Waals surface area contributed by atoms with Crippen molar-refractivity contribution in [2.24, 2.45) is 5.73 Å². The first-order valence-corrected chi connectivity index (χ1v) is 5.00. The number of carbonyl (C=O) groups is 1. The number of nitrogens with zero attached hydrogens (tertiary/aromatic N) is 1. The fourth-order valence-electron chi connectivity index (χ4n) is 1.48. The van der Waals surface area contributed by atoms with Crippen LogP contribution in [0.15, 0.2) is 6.20 Å². The quantitative estimate of drug-likeness (QED) is 0.838. The Kier molecular flexibility index (Phi) is 4.54. The monoisotopic (exact) mass is 280 g/mol. The van der Waals surface area contributed by atoms with Crippen LogP contribution in [0.2, 0.25) is 0 Å². The Hall–Kier alpha value is -2.03. The van der Waals surface area contributed by atoms with E-state index in [2.05, 4.69) is 9.72 Å². The predicted molar refractivity (Wildman–Crippen MR) is 56.7 cm³/mol. The molecule has 0 radical (unpaired) electrons. The van der Waals surface area contributed by atoms with Gasteiger partial charge in [0.25, 0.3) is 0 Å². The minimum atomic E-state index is -4.91. The number of pyridine rings is 1. The maximum atomic E-state index is 12.2. The van der Waals surface area contributed by atoms with Gasteiger partial charge >= 0.3 is 12.3 Å². The molecule has 1 aromatic rings. The molecule has 106 valence electrons. The van der Waals surface area contributed by atoms with E-state index in [1.165, 1.54) is 0 Å². The number of hydrogen-bond acceptors (Lipinski definition) is 5. The van der Waals surface area contributed by atoms with Crippen molar-refractivity contribution in [3.05, 3.63) is 17.5 Å². The van der Waals surface area contributed by atoms with Crippen molar-refractivity contribution >= 4 is 5.97 Å². The molecule has 0 unspecified atom stereocenters. The number of carboxylic acids is 1. The second kappa shape index (κ2) is 5.74. The van der Waals surface area contributed by atoms with Gasteiger partial charge in [-0.25, -0.2) is 0 Å². The lowest BCUT2D eigenvalue weighted by molar-refractivity contribution is -0.275. The maximum Gasteiger partial charge on any atom is 0.573 e. The van der Waals surface area contributed by atoms with Gasteiger partial charge in [0.2, 0.25) is 0 Å². The molecule has 0 aliphatic carbocycles. The van der Waals surface area contributed by atoms with E-state index in [0.717, 1.165) is 13.3 Å². The molecular weight excluding hydrogens is 269 g/mol. The van der Waals surface area contributed by atoms with E-state index >= 15 is 0 Å². The van der Waals surface area contributed by atoms with Crippen LogP contribution in [0.25, 0.3) is 0 Å². The molecule has 6 nitrogen and oxygen atoms in total. The highest BCUT2D eigenvalue weighted by atomic mass is 19.4. The molecule has 0 spiro atoms. The predicted octanol–water partition coefficient (Wildman–Crippen LogP) is 1.07. The molecule has 0 amide bonds. The van der Waals surface area contributed by atoms with Crippen LogP contribution in [0, 0.1) is 0 Å². The zero-order valence-corrected chi connectivity index (χ0v) is 9.82. The Bertz CT molecular complexity index is 477. The number of methoxy groups -OCH3 is 1. The van der Waals surface area contributed by atoms with Crippen LogP contribution in [-0.2, 0) is 17.8 Å². The number of alkyl halides is 3. The Morgan fingerprint density at radius 1 is 1.53 bits per heavy atom. The summed E-state index contributed by atoms with van der Waals surface area (Å²) in [5, 5.41) is 8.67. The molecular formula is C10H11F3N2O4. The molecule has 1 heterocycles. The van der Waals surface area contributed by atoms with E-state index in [9.17, 15) is 18.0 Å². The second-order valence-electron chi connectivity index (χ2n) is 3.40. The third kappa shape index (κ3) is 3.98. The van der Waals surface area contributed by atoms with Crippen molar-refractivity contribution in [1.29, 1.82) is 0 Å². The van der Waals surface area contributed by atoms with Gasteiger partial charge in [-0.05, 0) is 0 Å². The highest BCUT2D eigenvalue weighted by Crippen LogP contribution is 2.35. The summed E-state index contributed by atoms with van der Waals surface area (Å²) in [4.78, 5) is 14.2. The fraction of sp³-hybridized carbons (Fsp3) is 0.400. The number of aliphatic carboxylic acids is 1. The molecule has 0 aromatic carbocycles. The largest absolute Gasteiger partial charge is 0.573 e. The highest BCUT2D eigenvalue weighted by Gasteiger charge is 2.33. The molecule has 0 fully saturated rings. The summed E-state index contributed by atoms with van der Waals surface area (Å²) in [6, 6.07) is 0. The van der Waals surface area contributed by atoms with E-state index in [1.807, 2.05) is 0 Å². The first-order chi connectivity index (χ1) is 8.78. The lowest BCUT2D eigenvalue weighted by atomic mass is 10.1. The van der Waals surface area contributed by atoms with Crippen LogP contribution < -0.4 is 15.2 Å². The van der Waals surface area contributed by atoms with Gasteiger partial charge in [-0.3, -0.25) is 9.78 Å². The first kappa shape index (κ1) is 15.0. The summed E-state index contributed by atoms with van der Waals surface area (Å²) in [5.41, 5.74) is 5.48. The van der Waals surface area contributed by atoms with E-state index in [4.69, 9.17) is 15.6 Å². The van der Waals surface area contributed by atoms with Gasteiger partial charge in [0.05, 0.1) is 25.4 Å². The number of aromatic nitrogens is 1. The van der Waals surface area contributed by atoms with Gasteiger partial charge in [0.15, 0.2) is 11.5 Å². The zero-order chi connectivity index (χ0) is 14.6. The van der Waals surface area contributed by atoms with E-state index in [1.54, 1.807) is 0 Å². The van der Waals surface area contributed by atoms with E-state index in [0.29, 0.717) is 0 Å². The van der Waals surface area contributed by atoms with Gasteiger partial charge in [-0.15, -0.1) is 13.2 Å². The van der Waals surface area contributed by atoms with Crippen molar-refractivity contribution in [2.75, 3.05) is 7.11 Å². The van der Waals surface area contributed by atoms with E-state index < -0.39 is 24.5 Å². The Morgan fingerprint density at radius 3 is 2.58 bits per heavy atom. The van der Waals surface area contributed by atoms with Gasteiger partial charge in [-0.2, -0.15) is 0 Å². The first-order valence-electron chi connectivity index (χ1n) is 5.00. The highest BCUT2D eigenvalue weighted by molar-refractivity contribution is 5.70. The summed E-state index contributed by atoms with van der Waals surface area (Å²) in [6.45, 7) is -0.228. The van der Waals surface area contributed by atoms with Crippen molar-refractivity contribution in [3.63, 3.8) is 0 Å². The number of rotatable bonds is 5. The van der Waals surface area contributed by atoms with Crippen molar-refractivity contribution < 1.29 is 32.5 Å². The van der Waals surface area contributed by atoms with Crippen LogP contribution in [0.4, 0.5) is 13.2 Å². The Morgan fingerprint density at radius 2 is 2.16 bits per heavy atom. The van der Waals surface area contributed by atoms with Crippen LogP contribution in [-0.4, -0.2) is 29.5 Å². The standard InChI is InChI=1S/C10H11F3N2O4/c1-18-9-5(3-14)6(2-8(16)17)15-4-7(9)19-10(11,12)13/h4H,2-3,14H2,1H3,(H,16,17). The topological polar surface area (TPSA) is 94.7 Å². The minimum Gasteiger partial charge on any atom is -0.492 e. The van der Waals surface area contributed by atoms with Crippen molar-refractivity contribution in [1.82, 2.24) is 4.98 Å². The second-order valence-corrected chi connectivity index (χ2v) is 3.40. The molecule has 0 aliphatic rings. The van der Waals surface area contributed by atoms with Gasteiger partial charge in [0.1, 0.15) is 0 Å². The van der Waals surface area contributed by atoms with Gasteiger partial charge in [0, 0.05) is 12.1 Å².